The Morgan fingerprint density at radius 1 is 1.07 bits per heavy atom. The second-order valence-electron chi connectivity index (χ2n) is 6.85. The predicted molar refractivity (Wildman–Crippen MR) is 106 cm³/mol. The van der Waals surface area contributed by atoms with E-state index in [4.69, 9.17) is 11.6 Å². The highest BCUT2D eigenvalue weighted by Crippen LogP contribution is 2.42. The maximum atomic E-state index is 12.8. The number of hydrogen-bond acceptors (Lipinski definition) is 3. The lowest BCUT2D eigenvalue weighted by molar-refractivity contribution is -0.119. The molecule has 1 aliphatic rings. The van der Waals surface area contributed by atoms with Crippen molar-refractivity contribution in [2.45, 2.75) is 38.8 Å². The van der Waals surface area contributed by atoms with E-state index in [1.165, 1.54) is 11.9 Å². The van der Waals surface area contributed by atoms with Gasteiger partial charge in [-0.05, 0) is 36.6 Å². The van der Waals surface area contributed by atoms with Crippen molar-refractivity contribution in [2.24, 2.45) is 0 Å². The summed E-state index contributed by atoms with van der Waals surface area (Å²) in [6.07, 6.45) is 2.67. The number of anilines is 1. The topological polar surface area (TPSA) is 51.0 Å². The molecule has 1 aromatic heterocycles. The van der Waals surface area contributed by atoms with Gasteiger partial charge in [0.15, 0.2) is 0 Å². The Morgan fingerprint density at radius 3 is 2.37 bits per heavy atom. The zero-order valence-electron chi connectivity index (χ0n) is 15.3. The molecule has 0 N–H and O–H groups in total. The fourth-order valence-electron chi connectivity index (χ4n) is 3.68. The molecule has 1 amide bonds. The van der Waals surface area contributed by atoms with Crippen LogP contribution in [0.2, 0.25) is 5.02 Å². The maximum Gasteiger partial charge on any atom is 0.231 e. The van der Waals surface area contributed by atoms with Crippen LogP contribution in [0, 0.1) is 6.92 Å². The van der Waals surface area contributed by atoms with Crippen LogP contribution < -0.4 is 4.90 Å². The molecule has 2 heterocycles. The van der Waals surface area contributed by atoms with Gasteiger partial charge in [-0.2, -0.15) is 10.1 Å². The largest absolute Gasteiger partial charge is 0.274 e. The molecular formula is C21H21ClN4O. The Morgan fingerprint density at radius 2 is 1.70 bits per heavy atom. The summed E-state index contributed by atoms with van der Waals surface area (Å²) in [5.74, 6) is 0.642. The number of fused-ring (bicyclic) bond motifs is 1. The molecule has 0 fully saturated rings. The number of benzene rings is 2. The number of rotatable bonds is 3. The van der Waals surface area contributed by atoms with Crippen molar-refractivity contribution in [3.05, 3.63) is 76.6 Å². The molecule has 27 heavy (non-hydrogen) atoms. The molecule has 0 saturated carbocycles. The molecule has 5 nitrogen and oxygen atoms in total. The number of carbonyl (C=O) groups excluding carboxylic acids is 1. The first-order valence-corrected chi connectivity index (χ1v) is 9.50. The first-order valence-electron chi connectivity index (χ1n) is 9.12. The molecule has 1 aliphatic heterocycles. The fourth-order valence-corrected chi connectivity index (χ4v) is 3.81. The molecule has 0 radical (unpaired) electrons. The summed E-state index contributed by atoms with van der Waals surface area (Å²) in [6.45, 7) is 3.94. The molecule has 3 aromatic rings. The molecule has 0 saturated heterocycles. The van der Waals surface area contributed by atoms with Gasteiger partial charge in [-0.1, -0.05) is 60.5 Å². The van der Waals surface area contributed by atoms with Crippen molar-refractivity contribution in [2.75, 3.05) is 4.90 Å². The van der Waals surface area contributed by atoms with Gasteiger partial charge in [0.1, 0.15) is 6.33 Å². The van der Waals surface area contributed by atoms with E-state index < -0.39 is 0 Å². The Hall–Kier alpha value is -2.66. The van der Waals surface area contributed by atoms with Crippen molar-refractivity contribution >= 4 is 23.5 Å². The molecule has 138 valence electrons. The summed E-state index contributed by atoms with van der Waals surface area (Å²) in [4.78, 5) is 19.0. The second-order valence-corrected chi connectivity index (χ2v) is 7.29. The van der Waals surface area contributed by atoms with Gasteiger partial charge in [-0.15, -0.1) is 0 Å². The van der Waals surface area contributed by atoms with E-state index in [1.54, 1.807) is 4.90 Å². The van der Waals surface area contributed by atoms with Crippen molar-refractivity contribution in [3.8, 4) is 0 Å². The van der Waals surface area contributed by atoms with Gasteiger partial charge in [-0.3, -0.25) is 9.69 Å². The highest BCUT2D eigenvalue weighted by molar-refractivity contribution is 6.30. The Balaban J connectivity index is 1.83. The van der Waals surface area contributed by atoms with Gasteiger partial charge in [0.25, 0.3) is 0 Å². The molecular weight excluding hydrogens is 360 g/mol. The maximum absolute atomic E-state index is 12.8. The second kappa shape index (κ2) is 7.16. The van der Waals surface area contributed by atoms with Crippen LogP contribution in [0.1, 0.15) is 48.5 Å². The van der Waals surface area contributed by atoms with E-state index in [2.05, 4.69) is 41.3 Å². The van der Waals surface area contributed by atoms with Crippen molar-refractivity contribution in [1.29, 1.82) is 0 Å². The summed E-state index contributed by atoms with van der Waals surface area (Å²) in [7, 11) is 0. The first-order chi connectivity index (χ1) is 13.1. The number of aromatic nitrogens is 3. The van der Waals surface area contributed by atoms with E-state index in [0.29, 0.717) is 17.4 Å². The monoisotopic (exact) mass is 380 g/mol. The number of aryl methyl sites for hydroxylation is 1. The van der Waals surface area contributed by atoms with Crippen LogP contribution in [0.4, 0.5) is 5.95 Å². The molecule has 6 heteroatoms. The molecule has 0 spiro atoms. The third-order valence-electron chi connectivity index (χ3n) is 5.11. The molecule has 2 atom stereocenters. The SMILES string of the molecule is CCC(=O)N1c2ncnn2[C@H](c2ccc(Cl)cc2)C[C@@H]1c1ccc(C)cc1. The van der Waals surface area contributed by atoms with Crippen LogP contribution in [0.5, 0.6) is 0 Å². The van der Waals surface area contributed by atoms with Crippen molar-refractivity contribution in [1.82, 2.24) is 14.8 Å². The van der Waals surface area contributed by atoms with Gasteiger partial charge < -0.3 is 0 Å². The summed E-state index contributed by atoms with van der Waals surface area (Å²) in [5, 5.41) is 5.13. The van der Waals surface area contributed by atoms with Gasteiger partial charge in [0, 0.05) is 11.4 Å². The molecule has 2 aromatic carbocycles. The van der Waals surface area contributed by atoms with E-state index in [-0.39, 0.29) is 18.0 Å². The van der Waals surface area contributed by atoms with Crippen molar-refractivity contribution in [3.63, 3.8) is 0 Å². The van der Waals surface area contributed by atoms with Crippen LogP contribution in [0.15, 0.2) is 54.9 Å². The minimum atomic E-state index is -0.0876. The van der Waals surface area contributed by atoms with Crippen molar-refractivity contribution < 1.29 is 4.79 Å². The molecule has 4 rings (SSSR count). The lowest BCUT2D eigenvalue weighted by Gasteiger charge is -2.39. The lowest BCUT2D eigenvalue weighted by atomic mass is 9.91. The Bertz CT molecular complexity index is 949. The number of halogens is 1. The highest BCUT2D eigenvalue weighted by atomic mass is 35.5. The molecule has 0 aliphatic carbocycles. The lowest BCUT2D eigenvalue weighted by Crippen LogP contribution is -2.42. The van der Waals surface area contributed by atoms with Gasteiger partial charge in [0.2, 0.25) is 11.9 Å². The summed E-state index contributed by atoms with van der Waals surface area (Å²) in [5.41, 5.74) is 3.41. The highest BCUT2D eigenvalue weighted by Gasteiger charge is 2.38. The van der Waals surface area contributed by atoms with Crippen LogP contribution in [-0.2, 0) is 4.79 Å². The standard InChI is InChI=1S/C21H21ClN4O/c1-3-20(27)25-18(15-6-4-14(2)5-7-15)12-19(26-21(25)23-13-24-26)16-8-10-17(22)11-9-16/h4-11,13,18-19H,3,12H2,1-2H3/t18-,19+/m1/s1. The average molecular weight is 381 g/mol. The normalized spacial score (nSPS) is 19.0. The minimum Gasteiger partial charge on any atom is -0.274 e. The summed E-state index contributed by atoms with van der Waals surface area (Å²) >= 11 is 6.06. The van der Waals surface area contributed by atoms with Crippen LogP contribution in [0.3, 0.4) is 0 Å². The smallest absolute Gasteiger partial charge is 0.231 e. The zero-order chi connectivity index (χ0) is 19.0. The summed E-state index contributed by atoms with van der Waals surface area (Å²) < 4.78 is 1.85. The fraction of sp³-hybridized carbons (Fsp3) is 0.286. The third kappa shape index (κ3) is 3.23. The number of amides is 1. The van der Waals surface area contributed by atoms with E-state index in [1.807, 2.05) is 35.9 Å². The molecule has 0 bridgehead atoms. The quantitative estimate of drug-likeness (QED) is 0.660. The number of hydrogen-bond donors (Lipinski definition) is 0. The predicted octanol–water partition coefficient (Wildman–Crippen LogP) is 4.72. The Kier molecular flexibility index (Phi) is 4.70. The number of carbonyl (C=O) groups is 1. The van der Waals surface area contributed by atoms with E-state index in [0.717, 1.165) is 17.5 Å². The third-order valence-corrected chi connectivity index (χ3v) is 5.36. The first kappa shape index (κ1) is 17.7. The van der Waals surface area contributed by atoms with Crippen LogP contribution in [-0.4, -0.2) is 20.7 Å². The van der Waals surface area contributed by atoms with Crippen LogP contribution in [0.25, 0.3) is 0 Å². The van der Waals surface area contributed by atoms with Gasteiger partial charge >= 0.3 is 0 Å². The van der Waals surface area contributed by atoms with E-state index >= 15 is 0 Å². The molecule has 0 unspecified atom stereocenters. The summed E-state index contributed by atoms with van der Waals surface area (Å²) in [6, 6.07) is 16.1. The van der Waals surface area contributed by atoms with Gasteiger partial charge in [0.05, 0.1) is 12.1 Å². The van der Waals surface area contributed by atoms with Gasteiger partial charge in [-0.25, -0.2) is 4.68 Å². The Labute approximate surface area is 163 Å². The zero-order valence-corrected chi connectivity index (χ0v) is 16.1. The minimum absolute atomic E-state index is 0.00743. The number of nitrogens with zero attached hydrogens (tertiary/aromatic N) is 4. The van der Waals surface area contributed by atoms with Crippen LogP contribution >= 0.6 is 11.6 Å². The average Bonchev–Trinajstić information content (AvgIpc) is 3.17. The van der Waals surface area contributed by atoms with E-state index in [9.17, 15) is 4.79 Å².